The van der Waals surface area contributed by atoms with Gasteiger partial charge in [0.1, 0.15) is 17.2 Å². The molecule has 0 aliphatic carbocycles. The number of aromatic amines is 1. The lowest BCUT2D eigenvalue weighted by Gasteiger charge is -2.20. The summed E-state index contributed by atoms with van der Waals surface area (Å²) in [6, 6.07) is 0. The second-order valence-electron chi connectivity index (χ2n) is 6.87. The Balaban J connectivity index is 1.81. The standard InChI is InChI=1S/C14H19N11/c1-14(2,3)13-17-10(8-5-15-16-6-8)11-12(18-13)25(22-20-11)7-9-19-21-23-24(9)4/h5-6,20,22H,7H2,1-4H3,(H,15,16). The highest BCUT2D eigenvalue weighted by atomic mass is 15.7. The molecule has 0 aromatic carbocycles. The Morgan fingerprint density at radius 2 is 2.04 bits per heavy atom. The zero-order valence-corrected chi connectivity index (χ0v) is 14.4. The van der Waals surface area contributed by atoms with Crippen molar-refractivity contribution in [3.05, 3.63) is 24.0 Å². The number of rotatable bonds is 3. The molecule has 3 aromatic rings. The lowest BCUT2D eigenvalue weighted by atomic mass is 9.95. The van der Waals surface area contributed by atoms with Gasteiger partial charge in [0.15, 0.2) is 11.6 Å². The van der Waals surface area contributed by atoms with Gasteiger partial charge in [-0.1, -0.05) is 20.8 Å². The fraction of sp³-hybridized carbons (Fsp3) is 0.429. The molecule has 0 spiro atoms. The zero-order valence-electron chi connectivity index (χ0n) is 14.4. The second-order valence-corrected chi connectivity index (χ2v) is 6.87. The summed E-state index contributed by atoms with van der Waals surface area (Å²) in [5.74, 6) is 2.20. The summed E-state index contributed by atoms with van der Waals surface area (Å²) in [5.41, 5.74) is 8.53. The van der Waals surface area contributed by atoms with Crippen LogP contribution in [-0.2, 0) is 19.0 Å². The SMILES string of the molecule is Cn1nnnc1CN1NNc2c(-c3cn[nH]c3)nc(C(C)(C)C)nc21. The van der Waals surface area contributed by atoms with Gasteiger partial charge in [-0.15, -0.1) is 10.6 Å². The highest BCUT2D eigenvalue weighted by Gasteiger charge is 2.30. The molecular weight excluding hydrogens is 322 g/mol. The fourth-order valence-electron chi connectivity index (χ4n) is 2.50. The van der Waals surface area contributed by atoms with E-state index in [4.69, 9.17) is 9.97 Å². The Hall–Kier alpha value is -3.08. The monoisotopic (exact) mass is 341 g/mol. The Morgan fingerprint density at radius 3 is 2.68 bits per heavy atom. The van der Waals surface area contributed by atoms with Crippen molar-refractivity contribution in [1.29, 1.82) is 0 Å². The number of hydrazine groups is 2. The first-order valence-corrected chi connectivity index (χ1v) is 7.85. The smallest absolute Gasteiger partial charge is 0.173 e. The van der Waals surface area contributed by atoms with Crippen LogP contribution in [0.2, 0.25) is 0 Å². The summed E-state index contributed by atoms with van der Waals surface area (Å²) in [7, 11) is 1.80. The molecular formula is C14H19N11. The lowest BCUT2D eigenvalue weighted by molar-refractivity contribution is 0.544. The number of anilines is 2. The van der Waals surface area contributed by atoms with Crippen LogP contribution in [0.1, 0.15) is 32.4 Å². The first-order valence-electron chi connectivity index (χ1n) is 7.85. The van der Waals surface area contributed by atoms with E-state index < -0.39 is 0 Å². The number of hydrogen-bond acceptors (Lipinski definition) is 9. The zero-order chi connectivity index (χ0) is 17.6. The van der Waals surface area contributed by atoms with E-state index in [1.165, 1.54) is 0 Å². The molecule has 3 N–H and O–H groups in total. The Bertz CT molecular complexity index is 890. The van der Waals surface area contributed by atoms with E-state index in [-0.39, 0.29) is 5.41 Å². The van der Waals surface area contributed by atoms with E-state index in [2.05, 4.69) is 57.5 Å². The summed E-state index contributed by atoms with van der Waals surface area (Å²) in [6.45, 7) is 6.71. The van der Waals surface area contributed by atoms with Crippen molar-refractivity contribution in [2.45, 2.75) is 32.7 Å². The third-order valence-electron chi connectivity index (χ3n) is 3.91. The number of aryl methyl sites for hydroxylation is 1. The first-order chi connectivity index (χ1) is 11.9. The average Bonchev–Trinajstić information content (AvgIpc) is 3.29. The van der Waals surface area contributed by atoms with E-state index in [1.54, 1.807) is 17.9 Å². The van der Waals surface area contributed by atoms with E-state index in [1.807, 2.05) is 11.2 Å². The summed E-state index contributed by atoms with van der Waals surface area (Å²) in [5, 5.41) is 20.3. The number of fused-ring (bicyclic) bond motifs is 1. The molecule has 0 saturated heterocycles. The van der Waals surface area contributed by atoms with Crippen molar-refractivity contribution in [2.24, 2.45) is 7.05 Å². The predicted molar refractivity (Wildman–Crippen MR) is 90.1 cm³/mol. The molecule has 25 heavy (non-hydrogen) atoms. The first kappa shape index (κ1) is 15.4. The summed E-state index contributed by atoms with van der Waals surface area (Å²) in [6.07, 6.45) is 3.55. The van der Waals surface area contributed by atoms with E-state index in [0.29, 0.717) is 12.4 Å². The van der Waals surface area contributed by atoms with Gasteiger partial charge in [0, 0.05) is 24.2 Å². The number of nitrogens with one attached hydrogen (secondary N) is 3. The van der Waals surface area contributed by atoms with Crippen LogP contribution < -0.4 is 16.0 Å². The minimum atomic E-state index is -0.200. The van der Waals surface area contributed by atoms with Gasteiger partial charge in [0.2, 0.25) is 0 Å². The number of nitrogens with zero attached hydrogens (tertiary/aromatic N) is 8. The molecule has 0 atom stereocenters. The van der Waals surface area contributed by atoms with Crippen LogP contribution in [0.4, 0.5) is 11.5 Å². The van der Waals surface area contributed by atoms with Crippen molar-refractivity contribution >= 4 is 11.5 Å². The molecule has 0 fully saturated rings. The molecule has 3 aromatic heterocycles. The summed E-state index contributed by atoms with van der Waals surface area (Å²) < 4.78 is 1.63. The molecule has 1 aliphatic rings. The Labute approximate surface area is 143 Å². The van der Waals surface area contributed by atoms with E-state index in [9.17, 15) is 0 Å². The van der Waals surface area contributed by atoms with Crippen LogP contribution in [0.3, 0.4) is 0 Å². The molecule has 11 nitrogen and oxygen atoms in total. The minimum Gasteiger partial charge on any atom is -0.298 e. The van der Waals surface area contributed by atoms with Crippen LogP contribution in [0.5, 0.6) is 0 Å². The van der Waals surface area contributed by atoms with Crippen molar-refractivity contribution in [1.82, 2.24) is 45.9 Å². The topological polar surface area (TPSA) is 125 Å². The number of hydrogen-bond donors (Lipinski definition) is 3. The quantitative estimate of drug-likeness (QED) is 0.625. The second kappa shape index (κ2) is 5.48. The van der Waals surface area contributed by atoms with Gasteiger partial charge < -0.3 is 0 Å². The van der Waals surface area contributed by atoms with Crippen molar-refractivity contribution in [3.63, 3.8) is 0 Å². The third kappa shape index (κ3) is 2.67. The van der Waals surface area contributed by atoms with Crippen LogP contribution >= 0.6 is 0 Å². The van der Waals surface area contributed by atoms with E-state index >= 15 is 0 Å². The Morgan fingerprint density at radius 1 is 1.20 bits per heavy atom. The molecule has 4 heterocycles. The van der Waals surface area contributed by atoms with Crippen molar-refractivity contribution in [3.8, 4) is 11.3 Å². The maximum absolute atomic E-state index is 4.77. The predicted octanol–water partition coefficient (Wildman–Crippen LogP) is 0.539. The number of aromatic nitrogens is 8. The van der Waals surface area contributed by atoms with Gasteiger partial charge in [0.05, 0.1) is 12.7 Å². The minimum absolute atomic E-state index is 0.200. The summed E-state index contributed by atoms with van der Waals surface area (Å²) >= 11 is 0. The summed E-state index contributed by atoms with van der Waals surface area (Å²) in [4.78, 5) is 9.53. The van der Waals surface area contributed by atoms with Crippen molar-refractivity contribution < 1.29 is 0 Å². The molecule has 0 saturated carbocycles. The molecule has 4 rings (SSSR count). The molecule has 1 aliphatic heterocycles. The maximum atomic E-state index is 4.77. The van der Waals surface area contributed by atoms with Gasteiger partial charge in [-0.25, -0.2) is 14.6 Å². The molecule has 0 amide bonds. The lowest BCUT2D eigenvalue weighted by Crippen LogP contribution is -2.36. The number of tetrazole rings is 1. The van der Waals surface area contributed by atoms with Gasteiger partial charge in [-0.05, 0) is 10.4 Å². The largest absolute Gasteiger partial charge is 0.298 e. The maximum Gasteiger partial charge on any atom is 0.173 e. The highest BCUT2D eigenvalue weighted by Crippen LogP contribution is 2.37. The van der Waals surface area contributed by atoms with Crippen molar-refractivity contribution in [2.75, 3.05) is 10.4 Å². The molecule has 0 bridgehead atoms. The Kier molecular flexibility index (Phi) is 3.39. The molecule has 0 radical (unpaired) electrons. The number of H-pyrrole nitrogens is 1. The normalized spacial score (nSPS) is 13.8. The van der Waals surface area contributed by atoms with Gasteiger partial charge >= 0.3 is 0 Å². The average molecular weight is 341 g/mol. The molecule has 130 valence electrons. The van der Waals surface area contributed by atoms with Crippen LogP contribution in [0.15, 0.2) is 12.4 Å². The van der Waals surface area contributed by atoms with Crippen LogP contribution in [0, 0.1) is 0 Å². The van der Waals surface area contributed by atoms with E-state index in [0.717, 1.165) is 28.6 Å². The highest BCUT2D eigenvalue weighted by molar-refractivity contribution is 5.84. The molecule has 11 heteroatoms. The van der Waals surface area contributed by atoms with Gasteiger partial charge in [0.25, 0.3) is 0 Å². The third-order valence-corrected chi connectivity index (χ3v) is 3.91. The van der Waals surface area contributed by atoms with Crippen LogP contribution in [-0.4, -0.2) is 40.4 Å². The van der Waals surface area contributed by atoms with Crippen LogP contribution in [0.25, 0.3) is 11.3 Å². The molecule has 0 unspecified atom stereocenters. The van der Waals surface area contributed by atoms with Gasteiger partial charge in [-0.2, -0.15) is 5.10 Å². The van der Waals surface area contributed by atoms with Gasteiger partial charge in [-0.3, -0.25) is 15.5 Å². The fourth-order valence-corrected chi connectivity index (χ4v) is 2.50.